The lowest BCUT2D eigenvalue weighted by Crippen LogP contribution is -2.32. The standard InChI is InChI=1S/C9H15ClN6O/c1-3-4-12-8-13-7(10)14-9(15-8)16(2)5-6(11)17/h3-5H2,1-2H3,(H2,11,17)(H,12,13,14,15). The summed E-state index contributed by atoms with van der Waals surface area (Å²) in [7, 11) is 1.65. The molecular weight excluding hydrogens is 244 g/mol. The van der Waals surface area contributed by atoms with Gasteiger partial charge in [-0.15, -0.1) is 0 Å². The van der Waals surface area contributed by atoms with Crippen LogP contribution in [0.5, 0.6) is 0 Å². The number of nitrogens with one attached hydrogen (secondary N) is 1. The Bertz CT molecular complexity index is 399. The zero-order valence-corrected chi connectivity index (χ0v) is 10.5. The van der Waals surface area contributed by atoms with Gasteiger partial charge in [-0.3, -0.25) is 4.79 Å². The molecule has 0 radical (unpaired) electrons. The number of likely N-dealkylation sites (N-methyl/N-ethyl adjacent to an activating group) is 1. The van der Waals surface area contributed by atoms with Crippen molar-refractivity contribution in [3.63, 3.8) is 0 Å². The number of anilines is 2. The van der Waals surface area contributed by atoms with Crippen molar-refractivity contribution in [1.29, 1.82) is 0 Å². The summed E-state index contributed by atoms with van der Waals surface area (Å²) in [6, 6.07) is 0. The van der Waals surface area contributed by atoms with E-state index in [-0.39, 0.29) is 11.8 Å². The summed E-state index contributed by atoms with van der Waals surface area (Å²) >= 11 is 5.76. The SMILES string of the molecule is CCCNc1nc(Cl)nc(N(C)CC(N)=O)n1. The van der Waals surface area contributed by atoms with Crippen molar-refractivity contribution < 1.29 is 4.79 Å². The average molecular weight is 259 g/mol. The highest BCUT2D eigenvalue weighted by Crippen LogP contribution is 2.12. The molecule has 0 unspecified atom stereocenters. The molecule has 0 aliphatic rings. The van der Waals surface area contributed by atoms with Crippen LogP contribution in [0.25, 0.3) is 0 Å². The van der Waals surface area contributed by atoms with Crippen LogP contribution in [0.4, 0.5) is 11.9 Å². The molecule has 0 saturated carbocycles. The Morgan fingerprint density at radius 1 is 1.47 bits per heavy atom. The molecule has 1 amide bonds. The molecule has 1 rings (SSSR count). The van der Waals surface area contributed by atoms with Crippen molar-refractivity contribution in [3.05, 3.63) is 5.28 Å². The second-order valence-electron chi connectivity index (χ2n) is 3.48. The molecule has 1 heterocycles. The van der Waals surface area contributed by atoms with Crippen molar-refractivity contribution in [1.82, 2.24) is 15.0 Å². The van der Waals surface area contributed by atoms with Gasteiger partial charge in [0.1, 0.15) is 0 Å². The number of carbonyl (C=O) groups is 1. The van der Waals surface area contributed by atoms with E-state index in [9.17, 15) is 4.79 Å². The number of halogens is 1. The Labute approximate surface area is 104 Å². The van der Waals surface area contributed by atoms with Gasteiger partial charge in [0.2, 0.25) is 23.1 Å². The number of nitrogens with two attached hydrogens (primary N) is 1. The summed E-state index contributed by atoms with van der Waals surface area (Å²) in [5.74, 6) is 0.229. The van der Waals surface area contributed by atoms with Crippen molar-refractivity contribution in [2.75, 3.05) is 30.4 Å². The van der Waals surface area contributed by atoms with Gasteiger partial charge in [0.05, 0.1) is 6.54 Å². The topological polar surface area (TPSA) is 97.0 Å². The molecule has 0 saturated heterocycles. The molecule has 17 heavy (non-hydrogen) atoms. The fraction of sp³-hybridized carbons (Fsp3) is 0.556. The van der Waals surface area contributed by atoms with E-state index in [1.165, 1.54) is 4.90 Å². The number of hydrogen-bond donors (Lipinski definition) is 2. The van der Waals surface area contributed by atoms with Crippen molar-refractivity contribution in [3.8, 4) is 0 Å². The number of hydrogen-bond acceptors (Lipinski definition) is 6. The van der Waals surface area contributed by atoms with Crippen LogP contribution in [0.2, 0.25) is 5.28 Å². The van der Waals surface area contributed by atoms with Crippen LogP contribution in [0, 0.1) is 0 Å². The van der Waals surface area contributed by atoms with Crippen LogP contribution in [-0.2, 0) is 4.79 Å². The molecule has 0 bridgehead atoms. The first kappa shape index (κ1) is 13.4. The molecule has 0 spiro atoms. The van der Waals surface area contributed by atoms with Gasteiger partial charge in [-0.05, 0) is 18.0 Å². The number of rotatable bonds is 6. The van der Waals surface area contributed by atoms with E-state index in [0.29, 0.717) is 11.9 Å². The second-order valence-corrected chi connectivity index (χ2v) is 3.82. The zero-order chi connectivity index (χ0) is 12.8. The number of carbonyl (C=O) groups excluding carboxylic acids is 1. The highest BCUT2D eigenvalue weighted by molar-refractivity contribution is 6.28. The molecule has 0 aliphatic carbocycles. The summed E-state index contributed by atoms with van der Waals surface area (Å²) < 4.78 is 0. The molecule has 0 aliphatic heterocycles. The fourth-order valence-corrected chi connectivity index (χ4v) is 1.29. The van der Waals surface area contributed by atoms with Gasteiger partial charge in [-0.2, -0.15) is 15.0 Å². The smallest absolute Gasteiger partial charge is 0.237 e. The molecular formula is C9H15ClN6O. The lowest BCUT2D eigenvalue weighted by Gasteiger charge is -2.15. The van der Waals surface area contributed by atoms with Gasteiger partial charge in [-0.1, -0.05) is 6.92 Å². The molecule has 0 atom stereocenters. The maximum Gasteiger partial charge on any atom is 0.237 e. The normalized spacial score (nSPS) is 10.1. The summed E-state index contributed by atoms with van der Waals surface area (Å²) in [5, 5.41) is 3.07. The van der Waals surface area contributed by atoms with Crippen LogP contribution in [0.3, 0.4) is 0 Å². The highest BCUT2D eigenvalue weighted by atomic mass is 35.5. The molecule has 0 fully saturated rings. The zero-order valence-electron chi connectivity index (χ0n) is 9.77. The van der Waals surface area contributed by atoms with E-state index in [0.717, 1.165) is 13.0 Å². The Balaban J connectivity index is 2.84. The van der Waals surface area contributed by atoms with E-state index < -0.39 is 5.91 Å². The molecule has 94 valence electrons. The highest BCUT2D eigenvalue weighted by Gasteiger charge is 2.10. The predicted octanol–water partition coefficient (Wildman–Crippen LogP) is 0.268. The third-order valence-corrected chi connectivity index (χ3v) is 2.03. The summed E-state index contributed by atoms with van der Waals surface area (Å²) in [6.45, 7) is 2.78. The predicted molar refractivity (Wildman–Crippen MR) is 66.1 cm³/mol. The first-order chi connectivity index (χ1) is 8.02. The Morgan fingerprint density at radius 2 is 2.18 bits per heavy atom. The Kier molecular flexibility index (Phi) is 4.89. The van der Waals surface area contributed by atoms with Gasteiger partial charge in [0, 0.05) is 13.6 Å². The van der Waals surface area contributed by atoms with Crippen molar-refractivity contribution in [2.45, 2.75) is 13.3 Å². The third-order valence-electron chi connectivity index (χ3n) is 1.86. The number of aromatic nitrogens is 3. The van der Waals surface area contributed by atoms with E-state index in [1.807, 2.05) is 6.92 Å². The summed E-state index contributed by atoms with van der Waals surface area (Å²) in [4.78, 5) is 24.3. The number of nitrogens with zero attached hydrogens (tertiary/aromatic N) is 4. The average Bonchev–Trinajstić information content (AvgIpc) is 2.24. The Morgan fingerprint density at radius 3 is 2.76 bits per heavy atom. The maximum absolute atomic E-state index is 10.8. The van der Waals surface area contributed by atoms with Crippen LogP contribution in [0.15, 0.2) is 0 Å². The minimum atomic E-state index is -0.466. The van der Waals surface area contributed by atoms with Crippen LogP contribution in [-0.4, -0.2) is 41.0 Å². The summed E-state index contributed by atoms with van der Waals surface area (Å²) in [6.07, 6.45) is 0.940. The van der Waals surface area contributed by atoms with Gasteiger partial charge in [0.25, 0.3) is 0 Å². The lowest BCUT2D eigenvalue weighted by molar-refractivity contribution is -0.116. The van der Waals surface area contributed by atoms with Crippen LogP contribution >= 0.6 is 11.6 Å². The largest absolute Gasteiger partial charge is 0.368 e. The maximum atomic E-state index is 10.8. The van der Waals surface area contributed by atoms with Crippen molar-refractivity contribution in [2.24, 2.45) is 5.73 Å². The summed E-state index contributed by atoms with van der Waals surface area (Å²) in [5.41, 5.74) is 5.09. The first-order valence-electron chi connectivity index (χ1n) is 5.17. The minimum Gasteiger partial charge on any atom is -0.368 e. The molecule has 7 nitrogen and oxygen atoms in total. The Hall–Kier alpha value is -1.63. The van der Waals surface area contributed by atoms with Gasteiger partial charge < -0.3 is 16.0 Å². The van der Waals surface area contributed by atoms with E-state index in [2.05, 4.69) is 20.3 Å². The third kappa shape index (κ3) is 4.39. The van der Waals surface area contributed by atoms with Gasteiger partial charge >= 0.3 is 0 Å². The quantitative estimate of drug-likeness (QED) is 0.760. The molecule has 0 aromatic carbocycles. The van der Waals surface area contributed by atoms with Gasteiger partial charge in [-0.25, -0.2) is 0 Å². The minimum absolute atomic E-state index is 0.0214. The molecule has 3 N–H and O–H groups in total. The molecule has 8 heteroatoms. The lowest BCUT2D eigenvalue weighted by atomic mass is 10.5. The number of primary amides is 1. The molecule has 1 aromatic rings. The van der Waals surface area contributed by atoms with Crippen LogP contribution < -0.4 is 16.0 Å². The van der Waals surface area contributed by atoms with Crippen molar-refractivity contribution >= 4 is 29.4 Å². The fourth-order valence-electron chi connectivity index (χ4n) is 1.13. The number of amides is 1. The van der Waals surface area contributed by atoms with E-state index >= 15 is 0 Å². The van der Waals surface area contributed by atoms with Gasteiger partial charge in [0.15, 0.2) is 0 Å². The molecule has 1 aromatic heterocycles. The van der Waals surface area contributed by atoms with E-state index in [4.69, 9.17) is 17.3 Å². The second kappa shape index (κ2) is 6.19. The monoisotopic (exact) mass is 258 g/mol. The first-order valence-corrected chi connectivity index (χ1v) is 5.55. The van der Waals surface area contributed by atoms with E-state index in [1.54, 1.807) is 7.05 Å². The van der Waals surface area contributed by atoms with Crippen LogP contribution in [0.1, 0.15) is 13.3 Å².